The van der Waals surface area contributed by atoms with Gasteiger partial charge in [-0.05, 0) is 97.6 Å². The van der Waals surface area contributed by atoms with E-state index in [1.54, 1.807) is 29.6 Å². The van der Waals surface area contributed by atoms with Crippen LogP contribution < -0.4 is 9.80 Å². The summed E-state index contributed by atoms with van der Waals surface area (Å²) in [5, 5.41) is 3.12. The molecule has 0 radical (unpaired) electrons. The summed E-state index contributed by atoms with van der Waals surface area (Å²) in [4.78, 5) is 18.7. The average Bonchev–Trinajstić information content (AvgIpc) is 3.86. The number of thioether (sulfide) groups is 2. The number of anilines is 2. The predicted octanol–water partition coefficient (Wildman–Crippen LogP) is 9.49. The van der Waals surface area contributed by atoms with Crippen molar-refractivity contribution in [2.45, 2.75) is 16.2 Å². The smallest absolute Gasteiger partial charge is 0.124 e. The Morgan fingerprint density at radius 3 is 1.71 bits per heavy atom. The molecule has 6 aromatic rings. The fourth-order valence-corrected chi connectivity index (χ4v) is 9.10. The van der Waals surface area contributed by atoms with E-state index in [9.17, 15) is 8.78 Å². The van der Waals surface area contributed by atoms with Crippen LogP contribution in [0.25, 0.3) is 21.8 Å². The number of nitrogens with one attached hydrogen (secondary N) is 2. The maximum atomic E-state index is 13.1. The first kappa shape index (κ1) is 36.7. The fraction of sp³-hybridized carbons (Fsp3) is 0.317. The molecule has 272 valence electrons. The predicted molar refractivity (Wildman–Crippen MR) is 218 cm³/mol. The first-order valence-electron chi connectivity index (χ1n) is 18.0. The molecule has 0 aliphatic carbocycles. The number of nitrogens with zero attached hydrogens (tertiary/aromatic N) is 4. The summed E-state index contributed by atoms with van der Waals surface area (Å²) in [6.45, 7) is 10.7. The number of benzene rings is 4. The average molecular weight is 759 g/mol. The van der Waals surface area contributed by atoms with E-state index in [1.807, 2.05) is 24.5 Å². The zero-order valence-corrected chi connectivity index (χ0v) is 31.6. The van der Waals surface area contributed by atoms with E-state index in [2.05, 4.69) is 78.1 Å². The SMILES string of the molecule is Fc1ccc(SCCCN2CCN(c3cccc4[nH]ccc34)CC2)c(Cl)c1.Fc1ccc(SCCN2CCN(c3cccc4[nH]ccc34)CC2)cc1. The molecule has 2 N–H and O–H groups in total. The largest absolute Gasteiger partial charge is 0.368 e. The van der Waals surface area contributed by atoms with Gasteiger partial charge in [0.2, 0.25) is 0 Å². The third-order valence-electron chi connectivity index (χ3n) is 9.83. The number of fused-ring (bicyclic) bond motifs is 2. The highest BCUT2D eigenvalue weighted by atomic mass is 35.5. The molecule has 2 aliphatic heterocycles. The van der Waals surface area contributed by atoms with Crippen molar-refractivity contribution < 1.29 is 8.78 Å². The van der Waals surface area contributed by atoms with Crippen LogP contribution in [0, 0.1) is 11.6 Å². The highest BCUT2D eigenvalue weighted by Crippen LogP contribution is 2.30. The van der Waals surface area contributed by atoms with Gasteiger partial charge in [-0.3, -0.25) is 9.80 Å². The van der Waals surface area contributed by atoms with E-state index in [-0.39, 0.29) is 11.6 Å². The molecule has 2 fully saturated rings. The molecule has 2 saturated heterocycles. The Bertz CT molecular complexity index is 2020. The molecule has 52 heavy (non-hydrogen) atoms. The van der Waals surface area contributed by atoms with Crippen LogP contribution in [0.1, 0.15) is 6.42 Å². The summed E-state index contributed by atoms with van der Waals surface area (Å²) < 4.78 is 26.0. The second-order valence-electron chi connectivity index (χ2n) is 13.2. The third kappa shape index (κ3) is 9.46. The number of aromatic nitrogens is 2. The van der Waals surface area contributed by atoms with Crippen LogP contribution in [0.3, 0.4) is 0 Å². The Kier molecular flexibility index (Phi) is 12.6. The molecule has 2 aromatic heterocycles. The monoisotopic (exact) mass is 758 g/mol. The van der Waals surface area contributed by atoms with E-state index in [0.717, 1.165) is 93.2 Å². The van der Waals surface area contributed by atoms with Crippen LogP contribution in [-0.2, 0) is 0 Å². The Labute approximate surface area is 318 Å². The quantitative estimate of drug-likeness (QED) is 0.101. The van der Waals surface area contributed by atoms with Crippen molar-refractivity contribution >= 4 is 68.3 Å². The summed E-state index contributed by atoms with van der Waals surface area (Å²) in [6.07, 6.45) is 5.12. The highest BCUT2D eigenvalue weighted by Gasteiger charge is 2.20. The molecule has 4 aromatic carbocycles. The van der Waals surface area contributed by atoms with E-state index in [1.165, 1.54) is 57.4 Å². The zero-order valence-electron chi connectivity index (χ0n) is 29.2. The molecule has 0 saturated carbocycles. The van der Waals surface area contributed by atoms with Gasteiger partial charge in [0.15, 0.2) is 0 Å². The Balaban J connectivity index is 0.000000162. The maximum Gasteiger partial charge on any atom is 0.124 e. The summed E-state index contributed by atoms with van der Waals surface area (Å²) in [5.74, 6) is 1.59. The molecular formula is C41H45ClF2N6S2. The van der Waals surface area contributed by atoms with Gasteiger partial charge in [0.1, 0.15) is 11.6 Å². The lowest BCUT2D eigenvalue weighted by molar-refractivity contribution is 0.259. The molecule has 6 nitrogen and oxygen atoms in total. The minimum absolute atomic E-state index is 0.169. The second-order valence-corrected chi connectivity index (χ2v) is 15.9. The molecule has 0 spiro atoms. The minimum Gasteiger partial charge on any atom is -0.368 e. The lowest BCUT2D eigenvalue weighted by atomic mass is 10.1. The van der Waals surface area contributed by atoms with Crippen molar-refractivity contribution in [3.8, 4) is 0 Å². The Morgan fingerprint density at radius 2 is 1.13 bits per heavy atom. The second kappa shape index (κ2) is 17.9. The van der Waals surface area contributed by atoms with Crippen molar-refractivity contribution in [1.29, 1.82) is 0 Å². The topological polar surface area (TPSA) is 44.5 Å². The normalized spacial score (nSPS) is 15.7. The van der Waals surface area contributed by atoms with E-state index >= 15 is 0 Å². The summed E-state index contributed by atoms with van der Waals surface area (Å²) in [6, 6.07) is 28.7. The molecule has 0 amide bonds. The lowest BCUT2D eigenvalue weighted by Gasteiger charge is -2.36. The van der Waals surface area contributed by atoms with Crippen molar-refractivity contribution in [3.63, 3.8) is 0 Å². The van der Waals surface area contributed by atoms with Crippen molar-refractivity contribution in [3.05, 3.63) is 120 Å². The van der Waals surface area contributed by atoms with E-state index in [0.29, 0.717) is 5.02 Å². The van der Waals surface area contributed by atoms with Gasteiger partial charge in [0, 0.05) is 120 Å². The molecule has 0 atom stereocenters. The molecule has 2 aliphatic rings. The fourth-order valence-electron chi connectivity index (χ4n) is 7.00. The Morgan fingerprint density at radius 1 is 0.577 bits per heavy atom. The standard InChI is InChI=1S/C21H23ClFN3S.C20H22FN3S/c22-18-15-16(23)5-6-21(18)27-14-2-9-25-10-12-26(13-11-25)20-4-1-3-19-17(20)7-8-24-19;21-16-4-6-17(7-5-16)25-15-14-23-10-12-24(13-11-23)20-3-1-2-19-18(20)8-9-22-19/h1,3-8,15,24H,2,9-14H2;1-9,22H,10-15H2. The highest BCUT2D eigenvalue weighted by molar-refractivity contribution is 7.99. The molecule has 0 unspecified atom stereocenters. The van der Waals surface area contributed by atoms with Crippen LogP contribution in [0.5, 0.6) is 0 Å². The van der Waals surface area contributed by atoms with Crippen LogP contribution in [0.15, 0.2) is 113 Å². The van der Waals surface area contributed by atoms with Gasteiger partial charge in [-0.15, -0.1) is 23.5 Å². The molecule has 8 rings (SSSR count). The summed E-state index contributed by atoms with van der Waals surface area (Å²) >= 11 is 9.59. The van der Waals surface area contributed by atoms with E-state index < -0.39 is 0 Å². The third-order valence-corrected chi connectivity index (χ3v) is 12.4. The van der Waals surface area contributed by atoms with Crippen LogP contribution >= 0.6 is 35.1 Å². The van der Waals surface area contributed by atoms with Gasteiger partial charge in [-0.1, -0.05) is 23.7 Å². The minimum atomic E-state index is -0.280. The lowest BCUT2D eigenvalue weighted by Crippen LogP contribution is -2.47. The number of hydrogen-bond donors (Lipinski definition) is 2. The first-order valence-corrected chi connectivity index (χ1v) is 20.4. The van der Waals surface area contributed by atoms with Gasteiger partial charge in [0.25, 0.3) is 0 Å². The van der Waals surface area contributed by atoms with Gasteiger partial charge in [0.05, 0.1) is 5.02 Å². The summed E-state index contributed by atoms with van der Waals surface area (Å²) in [7, 11) is 0. The first-order chi connectivity index (χ1) is 25.5. The van der Waals surface area contributed by atoms with Crippen LogP contribution in [0.2, 0.25) is 5.02 Å². The number of H-pyrrole nitrogens is 2. The molecule has 11 heteroatoms. The Hall–Kier alpha value is -3.67. The van der Waals surface area contributed by atoms with Gasteiger partial charge in [-0.25, -0.2) is 8.78 Å². The van der Waals surface area contributed by atoms with Crippen molar-refractivity contribution in [2.24, 2.45) is 0 Å². The number of halogens is 3. The van der Waals surface area contributed by atoms with Crippen molar-refractivity contribution in [1.82, 2.24) is 19.8 Å². The molecule has 4 heterocycles. The number of hydrogen-bond acceptors (Lipinski definition) is 6. The number of piperazine rings is 2. The maximum absolute atomic E-state index is 13.1. The van der Waals surface area contributed by atoms with Crippen LogP contribution in [0.4, 0.5) is 20.2 Å². The van der Waals surface area contributed by atoms with Crippen molar-refractivity contribution in [2.75, 3.05) is 86.8 Å². The molecular weight excluding hydrogens is 714 g/mol. The van der Waals surface area contributed by atoms with Gasteiger partial charge >= 0.3 is 0 Å². The number of aromatic amines is 2. The van der Waals surface area contributed by atoms with Crippen LogP contribution in [-0.4, -0.2) is 96.7 Å². The number of rotatable bonds is 11. The van der Waals surface area contributed by atoms with Gasteiger partial charge in [-0.2, -0.15) is 0 Å². The zero-order chi connectivity index (χ0) is 35.7. The van der Waals surface area contributed by atoms with E-state index in [4.69, 9.17) is 11.6 Å². The molecule has 0 bridgehead atoms. The van der Waals surface area contributed by atoms with Gasteiger partial charge < -0.3 is 19.8 Å². The summed E-state index contributed by atoms with van der Waals surface area (Å²) in [5.41, 5.74) is 5.07.